The number of halogens is 3. The predicted octanol–water partition coefficient (Wildman–Crippen LogP) is 3.53. The number of carbonyl (C=O) groups is 1. The minimum absolute atomic E-state index is 0.213. The molecule has 4 nitrogen and oxygen atoms in total. The second-order valence-electron chi connectivity index (χ2n) is 4.49. The topological polar surface area (TPSA) is 65.2 Å². The number of pyridine rings is 1. The van der Waals surface area contributed by atoms with Crippen LogP contribution >= 0.6 is 0 Å². The highest BCUT2D eigenvalue weighted by Crippen LogP contribution is 2.29. The summed E-state index contributed by atoms with van der Waals surface area (Å²) in [5.41, 5.74) is 6.19. The number of ether oxygens (including phenoxy) is 1. The van der Waals surface area contributed by atoms with Crippen LogP contribution in [0.15, 0.2) is 36.5 Å². The first-order chi connectivity index (χ1) is 10.3. The molecule has 0 spiro atoms. The first-order valence-corrected chi connectivity index (χ1v) is 6.42. The Morgan fingerprint density at radius 2 is 1.95 bits per heavy atom. The van der Waals surface area contributed by atoms with Crippen molar-refractivity contribution in [2.24, 2.45) is 0 Å². The first-order valence-electron chi connectivity index (χ1n) is 6.42. The van der Waals surface area contributed by atoms with Gasteiger partial charge in [0.15, 0.2) is 0 Å². The van der Waals surface area contributed by atoms with E-state index in [4.69, 9.17) is 10.5 Å². The Balaban J connectivity index is 2.38. The summed E-state index contributed by atoms with van der Waals surface area (Å²) in [6.45, 7) is 1.88. The summed E-state index contributed by atoms with van der Waals surface area (Å²) < 4.78 is 42.4. The van der Waals surface area contributed by atoms with Crippen LogP contribution in [-0.2, 0) is 10.9 Å². The molecule has 1 heterocycles. The number of rotatable bonds is 3. The number of benzene rings is 1. The standard InChI is InChI=1S/C15H13F3N2O2/c1-2-22-14(21)11-5-10(6-12(19)7-11)9-3-4-13(20-8-9)15(16,17)18/h3-8H,2,19H2,1H3. The van der Waals surface area contributed by atoms with Gasteiger partial charge in [-0.25, -0.2) is 4.79 Å². The maximum absolute atomic E-state index is 12.5. The molecule has 0 saturated heterocycles. The number of hydrogen-bond acceptors (Lipinski definition) is 4. The van der Waals surface area contributed by atoms with Crippen LogP contribution in [0.25, 0.3) is 11.1 Å². The minimum atomic E-state index is -4.50. The predicted molar refractivity (Wildman–Crippen MR) is 75.0 cm³/mol. The summed E-state index contributed by atoms with van der Waals surface area (Å²) in [7, 11) is 0. The van der Waals surface area contributed by atoms with Crippen LogP contribution in [0.1, 0.15) is 23.0 Å². The smallest absolute Gasteiger partial charge is 0.433 e. The molecule has 2 rings (SSSR count). The number of aromatic nitrogens is 1. The molecule has 22 heavy (non-hydrogen) atoms. The number of nitrogens with zero attached hydrogens (tertiary/aromatic N) is 1. The average molecular weight is 310 g/mol. The molecule has 0 radical (unpaired) electrons. The van der Waals surface area contributed by atoms with Crippen molar-refractivity contribution < 1.29 is 22.7 Å². The highest BCUT2D eigenvalue weighted by atomic mass is 19.4. The monoisotopic (exact) mass is 310 g/mol. The lowest BCUT2D eigenvalue weighted by Gasteiger charge is -2.09. The van der Waals surface area contributed by atoms with Gasteiger partial charge in [0, 0.05) is 17.4 Å². The number of carbonyl (C=O) groups excluding carboxylic acids is 1. The van der Waals surface area contributed by atoms with Gasteiger partial charge in [-0.2, -0.15) is 13.2 Å². The van der Waals surface area contributed by atoms with E-state index in [0.717, 1.165) is 12.3 Å². The molecule has 2 N–H and O–H groups in total. The van der Waals surface area contributed by atoms with Crippen molar-refractivity contribution in [3.63, 3.8) is 0 Å². The number of nitrogens with two attached hydrogens (primary N) is 1. The molecular formula is C15H13F3N2O2. The van der Waals surface area contributed by atoms with Crippen LogP contribution in [0.4, 0.5) is 18.9 Å². The second-order valence-corrected chi connectivity index (χ2v) is 4.49. The van der Waals surface area contributed by atoms with Crippen LogP contribution in [0.2, 0.25) is 0 Å². The fourth-order valence-corrected chi connectivity index (χ4v) is 1.88. The summed E-state index contributed by atoms with van der Waals surface area (Å²) in [4.78, 5) is 15.1. The fourth-order valence-electron chi connectivity index (χ4n) is 1.88. The van der Waals surface area contributed by atoms with Crippen molar-refractivity contribution in [3.8, 4) is 11.1 Å². The zero-order valence-corrected chi connectivity index (χ0v) is 11.6. The Kier molecular flexibility index (Phi) is 4.35. The van der Waals surface area contributed by atoms with E-state index >= 15 is 0 Å². The Bertz CT molecular complexity index is 682. The Morgan fingerprint density at radius 3 is 2.50 bits per heavy atom. The van der Waals surface area contributed by atoms with E-state index in [1.165, 1.54) is 18.2 Å². The van der Waals surface area contributed by atoms with Gasteiger partial charge in [-0.15, -0.1) is 0 Å². The van der Waals surface area contributed by atoms with E-state index in [-0.39, 0.29) is 12.2 Å². The molecule has 0 bridgehead atoms. The number of hydrogen-bond donors (Lipinski definition) is 1. The fraction of sp³-hybridized carbons (Fsp3) is 0.200. The van der Waals surface area contributed by atoms with Gasteiger partial charge in [0.2, 0.25) is 0 Å². The number of anilines is 1. The van der Waals surface area contributed by atoms with E-state index in [1.807, 2.05) is 0 Å². The molecule has 2 aromatic rings. The maximum Gasteiger partial charge on any atom is 0.433 e. The quantitative estimate of drug-likeness (QED) is 0.696. The summed E-state index contributed by atoms with van der Waals surface area (Å²) in [6, 6.07) is 6.65. The molecule has 7 heteroatoms. The summed E-state index contributed by atoms with van der Waals surface area (Å²) in [5.74, 6) is -0.545. The number of alkyl halides is 3. The summed E-state index contributed by atoms with van der Waals surface area (Å²) in [6.07, 6.45) is -3.41. The van der Waals surface area contributed by atoms with Crippen molar-refractivity contribution in [2.45, 2.75) is 13.1 Å². The molecule has 0 aliphatic heterocycles. The third-order valence-electron chi connectivity index (χ3n) is 2.85. The normalized spacial score (nSPS) is 11.3. The zero-order valence-electron chi connectivity index (χ0n) is 11.6. The summed E-state index contributed by atoms with van der Waals surface area (Å²) >= 11 is 0. The molecule has 0 amide bonds. The lowest BCUT2D eigenvalue weighted by Crippen LogP contribution is -2.07. The Hall–Kier alpha value is -2.57. The van der Waals surface area contributed by atoms with Gasteiger partial charge in [0.25, 0.3) is 0 Å². The third-order valence-corrected chi connectivity index (χ3v) is 2.85. The van der Waals surface area contributed by atoms with Gasteiger partial charge in [-0.1, -0.05) is 6.07 Å². The van der Waals surface area contributed by atoms with E-state index < -0.39 is 17.8 Å². The van der Waals surface area contributed by atoms with Crippen molar-refractivity contribution >= 4 is 11.7 Å². The van der Waals surface area contributed by atoms with Crippen molar-refractivity contribution in [3.05, 3.63) is 47.8 Å². The lowest BCUT2D eigenvalue weighted by molar-refractivity contribution is -0.141. The van der Waals surface area contributed by atoms with Crippen molar-refractivity contribution in [1.82, 2.24) is 4.98 Å². The van der Waals surface area contributed by atoms with Crippen molar-refractivity contribution in [2.75, 3.05) is 12.3 Å². The van der Waals surface area contributed by atoms with Gasteiger partial charge in [-0.05, 0) is 36.8 Å². The minimum Gasteiger partial charge on any atom is -0.462 e. The second kappa shape index (κ2) is 6.05. The summed E-state index contributed by atoms with van der Waals surface area (Å²) in [5, 5.41) is 0. The molecule has 0 fully saturated rings. The highest BCUT2D eigenvalue weighted by molar-refractivity contribution is 5.92. The number of nitrogen functional groups attached to an aromatic ring is 1. The SMILES string of the molecule is CCOC(=O)c1cc(N)cc(-c2ccc(C(F)(F)F)nc2)c1. The molecular weight excluding hydrogens is 297 g/mol. The lowest BCUT2D eigenvalue weighted by atomic mass is 10.0. The van der Waals surface area contributed by atoms with Gasteiger partial charge < -0.3 is 10.5 Å². The first kappa shape index (κ1) is 15.8. The third kappa shape index (κ3) is 3.55. The van der Waals surface area contributed by atoms with Crippen LogP contribution in [0.3, 0.4) is 0 Å². The van der Waals surface area contributed by atoms with E-state index in [1.54, 1.807) is 13.0 Å². The van der Waals surface area contributed by atoms with E-state index in [0.29, 0.717) is 16.8 Å². The van der Waals surface area contributed by atoms with E-state index in [2.05, 4.69) is 4.98 Å². The van der Waals surface area contributed by atoms with Gasteiger partial charge in [-0.3, -0.25) is 4.98 Å². The molecule has 0 aliphatic rings. The Morgan fingerprint density at radius 1 is 1.23 bits per heavy atom. The molecule has 116 valence electrons. The van der Waals surface area contributed by atoms with Crippen LogP contribution < -0.4 is 5.73 Å². The van der Waals surface area contributed by atoms with Crippen LogP contribution in [-0.4, -0.2) is 17.6 Å². The molecule has 1 aromatic heterocycles. The van der Waals surface area contributed by atoms with Crippen LogP contribution in [0.5, 0.6) is 0 Å². The molecule has 0 saturated carbocycles. The Labute approximate surface area is 124 Å². The van der Waals surface area contributed by atoms with Gasteiger partial charge in [0.1, 0.15) is 5.69 Å². The van der Waals surface area contributed by atoms with E-state index in [9.17, 15) is 18.0 Å². The number of esters is 1. The van der Waals surface area contributed by atoms with Crippen LogP contribution in [0, 0.1) is 0 Å². The highest BCUT2D eigenvalue weighted by Gasteiger charge is 2.32. The molecule has 0 unspecified atom stereocenters. The molecule has 1 aromatic carbocycles. The average Bonchev–Trinajstić information content (AvgIpc) is 2.46. The molecule has 0 atom stereocenters. The maximum atomic E-state index is 12.5. The van der Waals surface area contributed by atoms with Gasteiger partial charge >= 0.3 is 12.1 Å². The largest absolute Gasteiger partial charge is 0.462 e. The zero-order chi connectivity index (χ0) is 16.3. The molecule has 0 aliphatic carbocycles. The van der Waals surface area contributed by atoms with Crippen molar-refractivity contribution in [1.29, 1.82) is 0 Å². The van der Waals surface area contributed by atoms with Gasteiger partial charge in [0.05, 0.1) is 12.2 Å².